The van der Waals surface area contributed by atoms with Crippen LogP contribution in [0.4, 0.5) is 4.39 Å². The number of halogens is 1. The summed E-state index contributed by atoms with van der Waals surface area (Å²) in [6.45, 7) is 2.42. The molecule has 0 bridgehead atoms. The Morgan fingerprint density at radius 2 is 1.87 bits per heavy atom. The minimum absolute atomic E-state index is 0.0287. The van der Waals surface area contributed by atoms with Gasteiger partial charge in [-0.25, -0.2) is 4.39 Å². The highest BCUT2D eigenvalue weighted by molar-refractivity contribution is 8.04. The summed E-state index contributed by atoms with van der Waals surface area (Å²) >= 11 is 1.63. The number of amides is 3. The van der Waals surface area contributed by atoms with E-state index in [4.69, 9.17) is 0 Å². The van der Waals surface area contributed by atoms with E-state index >= 15 is 0 Å². The minimum Gasteiger partial charge on any atom is -0.356 e. The maximum absolute atomic E-state index is 13.7. The van der Waals surface area contributed by atoms with Gasteiger partial charge in [0.25, 0.3) is 5.91 Å². The second-order valence-corrected chi connectivity index (χ2v) is 11.6. The molecule has 2 aliphatic heterocycles. The molecule has 8 heteroatoms. The van der Waals surface area contributed by atoms with E-state index in [-0.39, 0.29) is 40.7 Å². The molecule has 3 fully saturated rings. The number of benzene rings is 2. The molecule has 3 amide bonds. The molecule has 3 unspecified atom stereocenters. The van der Waals surface area contributed by atoms with Crippen molar-refractivity contribution in [2.75, 3.05) is 19.6 Å². The van der Waals surface area contributed by atoms with Gasteiger partial charge in [0.1, 0.15) is 5.82 Å². The maximum atomic E-state index is 13.7. The highest BCUT2D eigenvalue weighted by Crippen LogP contribution is 2.44. The number of carbonyl (C=O) groups is 3. The highest BCUT2D eigenvalue weighted by Gasteiger charge is 2.44. The van der Waals surface area contributed by atoms with Gasteiger partial charge in [0, 0.05) is 49.8 Å². The van der Waals surface area contributed by atoms with Gasteiger partial charge in [0.05, 0.1) is 4.91 Å². The van der Waals surface area contributed by atoms with E-state index in [2.05, 4.69) is 5.32 Å². The van der Waals surface area contributed by atoms with Crippen LogP contribution in [0.1, 0.15) is 49.7 Å². The molecule has 1 aliphatic carbocycles. The van der Waals surface area contributed by atoms with Crippen LogP contribution in [0.3, 0.4) is 0 Å². The standard InChI is InChI=1S/C30H34FN3O3S/c31-24-12-9-22(10-13-24)20-34-25-19-23(29(36)32-15-5-17-33-16-4-8-28(33)35)11-14-26(25)38-27(30(34)37)18-21-6-2-1-3-7-21/h1-3,6-7,9-10,12-13,18,23,25-26H,4-5,8,11,14-17,19-20H2,(H,32,36)/b27-18-. The molecule has 0 aromatic heterocycles. The van der Waals surface area contributed by atoms with E-state index in [1.165, 1.54) is 12.1 Å². The van der Waals surface area contributed by atoms with Gasteiger partial charge < -0.3 is 15.1 Å². The third kappa shape index (κ3) is 6.29. The predicted molar refractivity (Wildman–Crippen MR) is 147 cm³/mol. The summed E-state index contributed by atoms with van der Waals surface area (Å²) in [7, 11) is 0. The fourth-order valence-corrected chi connectivity index (χ4v) is 7.08. The second-order valence-electron chi connectivity index (χ2n) is 10.3. The molecule has 2 heterocycles. The summed E-state index contributed by atoms with van der Waals surface area (Å²) in [6, 6.07) is 16.0. The number of nitrogens with zero attached hydrogens (tertiary/aromatic N) is 2. The Kier molecular flexibility index (Phi) is 8.47. The van der Waals surface area contributed by atoms with Crippen molar-refractivity contribution in [2.24, 2.45) is 5.92 Å². The molecular formula is C30H34FN3O3S. The quantitative estimate of drug-likeness (QED) is 0.396. The Morgan fingerprint density at radius 1 is 1.08 bits per heavy atom. The number of rotatable bonds is 8. The molecule has 1 N–H and O–H groups in total. The largest absolute Gasteiger partial charge is 0.356 e. The van der Waals surface area contributed by atoms with Gasteiger partial charge in [-0.3, -0.25) is 14.4 Å². The SMILES string of the molecule is O=C(NCCCN1CCCC1=O)C1CCC2S/C(=C\c3ccccc3)C(=O)N(Cc3ccc(F)cc3)C2C1. The van der Waals surface area contributed by atoms with Crippen molar-refractivity contribution in [1.29, 1.82) is 0 Å². The number of nitrogens with one attached hydrogen (secondary N) is 1. The molecule has 2 aromatic carbocycles. The van der Waals surface area contributed by atoms with Crippen LogP contribution in [-0.4, -0.2) is 58.4 Å². The van der Waals surface area contributed by atoms with Crippen LogP contribution >= 0.6 is 11.8 Å². The number of carbonyl (C=O) groups excluding carboxylic acids is 3. The number of likely N-dealkylation sites (tertiary alicyclic amines) is 1. The summed E-state index contributed by atoms with van der Waals surface area (Å²) in [5.41, 5.74) is 1.85. The van der Waals surface area contributed by atoms with Crippen molar-refractivity contribution < 1.29 is 18.8 Å². The van der Waals surface area contributed by atoms with Crippen molar-refractivity contribution in [3.05, 3.63) is 76.4 Å². The molecule has 1 saturated carbocycles. The molecule has 38 heavy (non-hydrogen) atoms. The average molecular weight is 536 g/mol. The monoisotopic (exact) mass is 535 g/mol. The average Bonchev–Trinajstić information content (AvgIpc) is 3.34. The van der Waals surface area contributed by atoms with Gasteiger partial charge in [-0.2, -0.15) is 0 Å². The molecule has 5 rings (SSSR count). The highest BCUT2D eigenvalue weighted by atomic mass is 32.2. The molecule has 2 aromatic rings. The lowest BCUT2D eigenvalue weighted by molar-refractivity contribution is -0.133. The Morgan fingerprint density at radius 3 is 2.61 bits per heavy atom. The zero-order valence-electron chi connectivity index (χ0n) is 21.5. The van der Waals surface area contributed by atoms with E-state index in [0.29, 0.717) is 37.4 Å². The van der Waals surface area contributed by atoms with E-state index < -0.39 is 0 Å². The molecule has 6 nitrogen and oxygen atoms in total. The first-order valence-electron chi connectivity index (χ1n) is 13.5. The molecule has 0 spiro atoms. The topological polar surface area (TPSA) is 69.7 Å². The van der Waals surface area contributed by atoms with Crippen molar-refractivity contribution in [3.63, 3.8) is 0 Å². The summed E-state index contributed by atoms with van der Waals surface area (Å²) in [5.74, 6) is -0.272. The van der Waals surface area contributed by atoms with E-state index in [9.17, 15) is 18.8 Å². The summed E-state index contributed by atoms with van der Waals surface area (Å²) in [5, 5.41) is 3.27. The Labute approximate surface area is 227 Å². The van der Waals surface area contributed by atoms with Crippen molar-refractivity contribution >= 4 is 35.6 Å². The van der Waals surface area contributed by atoms with Crippen LogP contribution in [0.5, 0.6) is 0 Å². The molecule has 0 radical (unpaired) electrons. The normalized spacial score (nSPS) is 24.6. The van der Waals surface area contributed by atoms with Gasteiger partial charge in [-0.1, -0.05) is 42.5 Å². The molecular weight excluding hydrogens is 501 g/mol. The number of hydrogen-bond donors (Lipinski definition) is 1. The zero-order chi connectivity index (χ0) is 26.5. The van der Waals surface area contributed by atoms with Crippen molar-refractivity contribution in [3.8, 4) is 0 Å². The maximum Gasteiger partial charge on any atom is 0.260 e. The van der Waals surface area contributed by atoms with Crippen molar-refractivity contribution in [1.82, 2.24) is 15.1 Å². The third-order valence-corrected chi connectivity index (χ3v) is 9.11. The minimum atomic E-state index is -0.305. The fourth-order valence-electron chi connectivity index (χ4n) is 5.67. The van der Waals surface area contributed by atoms with Gasteiger partial charge in [-0.15, -0.1) is 11.8 Å². The van der Waals surface area contributed by atoms with Gasteiger partial charge >= 0.3 is 0 Å². The van der Waals surface area contributed by atoms with Crippen LogP contribution in [0, 0.1) is 11.7 Å². The summed E-state index contributed by atoms with van der Waals surface area (Å²) < 4.78 is 13.5. The van der Waals surface area contributed by atoms with Gasteiger partial charge in [0.2, 0.25) is 11.8 Å². The van der Waals surface area contributed by atoms with E-state index in [1.54, 1.807) is 23.9 Å². The predicted octanol–water partition coefficient (Wildman–Crippen LogP) is 4.61. The Balaban J connectivity index is 1.26. The molecule has 200 valence electrons. The summed E-state index contributed by atoms with van der Waals surface area (Å²) in [4.78, 5) is 43.1. The second kappa shape index (κ2) is 12.2. The van der Waals surface area contributed by atoms with Gasteiger partial charge in [0.15, 0.2) is 0 Å². The number of thioether (sulfide) groups is 1. The van der Waals surface area contributed by atoms with Crippen LogP contribution in [-0.2, 0) is 20.9 Å². The van der Waals surface area contributed by atoms with E-state index in [1.807, 2.05) is 46.2 Å². The molecule has 3 atom stereocenters. The first kappa shape index (κ1) is 26.5. The van der Waals surface area contributed by atoms with Crippen LogP contribution < -0.4 is 5.32 Å². The lowest BCUT2D eigenvalue weighted by Crippen LogP contribution is -2.53. The number of fused-ring (bicyclic) bond motifs is 1. The van der Waals surface area contributed by atoms with Crippen LogP contribution in [0.2, 0.25) is 0 Å². The Hall–Kier alpha value is -3.13. The van der Waals surface area contributed by atoms with Gasteiger partial charge in [-0.05, 0) is 61.4 Å². The van der Waals surface area contributed by atoms with Crippen LogP contribution in [0.25, 0.3) is 6.08 Å². The Bertz CT molecular complexity index is 1190. The lowest BCUT2D eigenvalue weighted by Gasteiger charge is -2.46. The fraction of sp³-hybridized carbons (Fsp3) is 0.433. The number of hydrogen-bond acceptors (Lipinski definition) is 4. The zero-order valence-corrected chi connectivity index (χ0v) is 22.3. The first-order chi connectivity index (χ1) is 18.5. The third-order valence-electron chi connectivity index (χ3n) is 7.71. The summed E-state index contributed by atoms with van der Waals surface area (Å²) in [6.07, 6.45) is 6.48. The van der Waals surface area contributed by atoms with Crippen molar-refractivity contribution in [2.45, 2.75) is 56.4 Å². The lowest BCUT2D eigenvalue weighted by atomic mass is 9.83. The first-order valence-corrected chi connectivity index (χ1v) is 14.4. The van der Waals surface area contributed by atoms with E-state index in [0.717, 1.165) is 43.4 Å². The molecule has 2 saturated heterocycles. The van der Waals surface area contributed by atoms with Crippen LogP contribution in [0.15, 0.2) is 59.5 Å². The smallest absolute Gasteiger partial charge is 0.260 e. The molecule has 3 aliphatic rings.